The predicted molar refractivity (Wildman–Crippen MR) is 68.8 cm³/mol. The molecule has 5 nitrogen and oxygen atoms in total. The van der Waals surface area contributed by atoms with E-state index in [-0.39, 0.29) is 23.8 Å². The number of hydrogen-bond acceptors (Lipinski definition) is 5. The second-order valence-electron chi connectivity index (χ2n) is 5.21. The lowest BCUT2D eigenvalue weighted by atomic mass is 10.1. The third-order valence-electron chi connectivity index (χ3n) is 2.69. The first-order valence-electron chi connectivity index (χ1n) is 6.05. The molecule has 0 bridgehead atoms. The molecule has 1 aliphatic heterocycles. The number of aliphatic imine (C=N–C) groups is 1. The quantitative estimate of drug-likeness (QED) is 0.832. The zero-order valence-electron chi connectivity index (χ0n) is 11.3. The molecule has 0 saturated carbocycles. The predicted octanol–water partition coefficient (Wildman–Crippen LogP) is 1.61. The van der Waals surface area contributed by atoms with E-state index in [9.17, 15) is 13.2 Å². The number of nitrogens with zero attached hydrogens (tertiary/aromatic N) is 1. The molecule has 21 heavy (non-hydrogen) atoms. The highest BCUT2D eigenvalue weighted by Crippen LogP contribution is 2.34. The summed E-state index contributed by atoms with van der Waals surface area (Å²) < 4.78 is 48.4. The molecule has 0 spiro atoms. The molecule has 1 aliphatic rings. The number of rotatable bonds is 3. The molecule has 0 atom stereocenters. The highest BCUT2D eigenvalue weighted by Gasteiger charge is 2.34. The molecular weight excluding hydrogens is 290 g/mol. The number of hydrogen-bond donors (Lipinski definition) is 2. The molecule has 0 amide bonds. The second kappa shape index (κ2) is 5.23. The van der Waals surface area contributed by atoms with Crippen LogP contribution in [0.4, 0.5) is 13.2 Å². The van der Waals surface area contributed by atoms with Gasteiger partial charge in [0.15, 0.2) is 0 Å². The van der Waals surface area contributed by atoms with Crippen LogP contribution in [0.3, 0.4) is 0 Å². The van der Waals surface area contributed by atoms with E-state index in [1.807, 2.05) is 0 Å². The van der Waals surface area contributed by atoms with Crippen molar-refractivity contribution >= 4 is 13.2 Å². The first-order valence-corrected chi connectivity index (χ1v) is 6.05. The van der Waals surface area contributed by atoms with Crippen molar-refractivity contribution in [2.45, 2.75) is 25.6 Å². The molecule has 2 rings (SSSR count). The Morgan fingerprint density at radius 1 is 1.29 bits per heavy atom. The van der Waals surface area contributed by atoms with E-state index in [1.54, 1.807) is 13.8 Å². The summed E-state index contributed by atoms with van der Waals surface area (Å²) >= 11 is 0. The van der Waals surface area contributed by atoms with Crippen molar-refractivity contribution in [2.75, 3.05) is 6.61 Å². The van der Waals surface area contributed by atoms with E-state index in [0.29, 0.717) is 6.07 Å². The van der Waals surface area contributed by atoms with Crippen LogP contribution in [0.25, 0.3) is 0 Å². The third kappa shape index (κ3) is 3.89. The minimum absolute atomic E-state index is 0.0587. The molecule has 1 aromatic carbocycles. The lowest BCUT2D eigenvalue weighted by Crippen LogP contribution is -2.21. The van der Waals surface area contributed by atoms with Gasteiger partial charge in [0.25, 0.3) is 0 Å². The molecule has 0 unspecified atom stereocenters. The Morgan fingerprint density at radius 3 is 2.43 bits per heavy atom. The van der Waals surface area contributed by atoms with E-state index in [0.717, 1.165) is 6.07 Å². The van der Waals surface area contributed by atoms with E-state index in [2.05, 4.69) is 9.65 Å². The molecule has 0 radical (unpaired) electrons. The van der Waals surface area contributed by atoms with Crippen molar-refractivity contribution in [2.24, 2.45) is 4.99 Å². The van der Waals surface area contributed by atoms with E-state index in [1.165, 1.54) is 6.07 Å². The molecule has 2 N–H and O–H groups in total. The maximum atomic E-state index is 12.9. The maximum absolute atomic E-state index is 12.9. The topological polar surface area (TPSA) is 71.3 Å². The van der Waals surface area contributed by atoms with Crippen molar-refractivity contribution in [3.63, 3.8) is 0 Å². The van der Waals surface area contributed by atoms with Crippen LogP contribution in [-0.2, 0) is 10.9 Å². The van der Waals surface area contributed by atoms with Crippen LogP contribution in [0.1, 0.15) is 25.0 Å². The van der Waals surface area contributed by atoms with Crippen molar-refractivity contribution in [3.8, 4) is 5.75 Å². The molecule has 0 fully saturated rings. The fraction of sp³-hybridized carbons (Fsp3) is 0.417. The first-order chi connectivity index (χ1) is 9.57. The van der Waals surface area contributed by atoms with Crippen LogP contribution in [-0.4, -0.2) is 35.4 Å². The Hall–Kier alpha value is -1.74. The van der Waals surface area contributed by atoms with Crippen molar-refractivity contribution in [1.82, 2.24) is 0 Å². The Kier molecular flexibility index (Phi) is 3.90. The SMILES string of the molecule is CC1(C)COC(c2cc(OB(O)O)cc(C(F)(F)F)c2)=N1. The van der Waals surface area contributed by atoms with Crippen molar-refractivity contribution in [1.29, 1.82) is 0 Å². The van der Waals surface area contributed by atoms with Gasteiger partial charge in [-0.1, -0.05) is 0 Å². The lowest BCUT2D eigenvalue weighted by Gasteiger charge is -2.12. The monoisotopic (exact) mass is 303 g/mol. The molecule has 1 aromatic rings. The summed E-state index contributed by atoms with van der Waals surface area (Å²) in [6.07, 6.45) is -4.61. The summed E-state index contributed by atoms with van der Waals surface area (Å²) in [5.41, 5.74) is -1.46. The third-order valence-corrected chi connectivity index (χ3v) is 2.69. The summed E-state index contributed by atoms with van der Waals surface area (Å²) in [4.78, 5) is 4.18. The van der Waals surface area contributed by atoms with Crippen LogP contribution >= 0.6 is 0 Å². The van der Waals surface area contributed by atoms with Crippen LogP contribution in [0.15, 0.2) is 23.2 Å². The average Bonchev–Trinajstić information content (AvgIpc) is 2.67. The van der Waals surface area contributed by atoms with Gasteiger partial charge in [0.2, 0.25) is 5.90 Å². The van der Waals surface area contributed by atoms with Gasteiger partial charge < -0.3 is 19.4 Å². The highest BCUT2D eigenvalue weighted by atomic mass is 19.4. The summed E-state index contributed by atoms with van der Waals surface area (Å²) in [7, 11) is -2.22. The lowest BCUT2D eigenvalue weighted by molar-refractivity contribution is -0.137. The van der Waals surface area contributed by atoms with Gasteiger partial charge in [-0.15, -0.1) is 0 Å². The molecule has 0 aromatic heterocycles. The number of benzene rings is 1. The summed E-state index contributed by atoms with van der Waals surface area (Å²) in [6, 6.07) is 2.75. The Labute approximate surface area is 119 Å². The Morgan fingerprint density at radius 2 is 1.95 bits per heavy atom. The fourth-order valence-corrected chi connectivity index (χ4v) is 1.81. The smallest absolute Gasteiger partial charge is 0.512 e. The van der Waals surface area contributed by atoms with Crippen LogP contribution in [0, 0.1) is 0 Å². The zero-order chi connectivity index (χ0) is 15.8. The van der Waals surface area contributed by atoms with E-state index in [4.69, 9.17) is 14.8 Å². The molecular formula is C12H13BF3NO4. The van der Waals surface area contributed by atoms with Gasteiger partial charge in [0.05, 0.1) is 11.1 Å². The van der Waals surface area contributed by atoms with Gasteiger partial charge in [-0.25, -0.2) is 4.99 Å². The molecule has 1 heterocycles. The molecule has 9 heteroatoms. The van der Waals surface area contributed by atoms with Gasteiger partial charge in [0, 0.05) is 5.56 Å². The van der Waals surface area contributed by atoms with Crippen molar-refractivity contribution < 1.29 is 32.6 Å². The van der Waals surface area contributed by atoms with Gasteiger partial charge in [-0.05, 0) is 32.0 Å². The van der Waals surface area contributed by atoms with E-state index >= 15 is 0 Å². The minimum atomic E-state index is -4.61. The molecule has 0 saturated heterocycles. The van der Waals surface area contributed by atoms with Gasteiger partial charge in [-0.2, -0.15) is 13.2 Å². The van der Waals surface area contributed by atoms with Gasteiger partial charge >= 0.3 is 13.5 Å². The maximum Gasteiger partial charge on any atom is 0.707 e. The zero-order valence-corrected chi connectivity index (χ0v) is 11.3. The van der Waals surface area contributed by atoms with Gasteiger partial charge in [0.1, 0.15) is 12.4 Å². The summed E-state index contributed by atoms with van der Waals surface area (Å²) in [6.45, 7) is 3.81. The second-order valence-corrected chi connectivity index (χ2v) is 5.21. The van der Waals surface area contributed by atoms with Gasteiger partial charge in [-0.3, -0.25) is 0 Å². The standard InChI is InChI=1S/C12H13BF3NO4/c1-11(2)6-20-10(17-11)7-3-8(12(14,15)16)5-9(4-7)21-13(18)19/h3-5,18-19H,6H2,1-2H3. The highest BCUT2D eigenvalue weighted by molar-refractivity contribution is 6.33. The fourth-order valence-electron chi connectivity index (χ4n) is 1.81. The molecule has 0 aliphatic carbocycles. The van der Waals surface area contributed by atoms with E-state index < -0.39 is 24.6 Å². The average molecular weight is 303 g/mol. The Bertz CT molecular complexity index is 572. The summed E-state index contributed by atoms with van der Waals surface area (Å²) in [5, 5.41) is 17.5. The first kappa shape index (κ1) is 15.6. The van der Waals surface area contributed by atoms with Crippen molar-refractivity contribution in [3.05, 3.63) is 29.3 Å². The van der Waals surface area contributed by atoms with Crippen LogP contribution < -0.4 is 4.65 Å². The number of halogens is 3. The number of alkyl halides is 3. The number of ether oxygens (including phenoxy) is 1. The van der Waals surface area contributed by atoms with Crippen LogP contribution in [0.2, 0.25) is 0 Å². The Balaban J connectivity index is 2.46. The largest absolute Gasteiger partial charge is 0.707 e. The summed E-state index contributed by atoms with van der Waals surface area (Å²) in [5.74, 6) is -0.283. The molecule has 114 valence electrons. The normalized spacial score (nSPS) is 17.2. The van der Waals surface area contributed by atoms with Crippen LogP contribution in [0.5, 0.6) is 5.75 Å². The minimum Gasteiger partial charge on any atom is -0.512 e.